The molecule has 0 aliphatic heterocycles. The molecule has 0 saturated carbocycles. The lowest BCUT2D eigenvalue weighted by Crippen LogP contribution is -2.37. The van der Waals surface area contributed by atoms with Gasteiger partial charge in [0.1, 0.15) is 0 Å². The van der Waals surface area contributed by atoms with E-state index in [1.165, 1.54) is 0 Å². The first kappa shape index (κ1) is 17.5. The zero-order valence-electron chi connectivity index (χ0n) is 13.1. The maximum atomic E-state index is 12.2. The Hall–Kier alpha value is -1.59. The Morgan fingerprint density at radius 2 is 2.19 bits per heavy atom. The maximum absolute atomic E-state index is 12.2. The van der Waals surface area contributed by atoms with Crippen molar-refractivity contribution in [3.8, 4) is 0 Å². The van der Waals surface area contributed by atoms with Gasteiger partial charge in [-0.2, -0.15) is 0 Å². The number of unbranched alkanes of at least 4 members (excludes halogenated alkanes) is 1. The van der Waals surface area contributed by atoms with Gasteiger partial charge in [0.25, 0.3) is 0 Å². The Balaban J connectivity index is 2.71. The molecule has 5 nitrogen and oxygen atoms in total. The van der Waals surface area contributed by atoms with Crippen molar-refractivity contribution in [2.45, 2.75) is 32.8 Å². The smallest absolute Gasteiger partial charge is 0.321 e. The Morgan fingerprint density at radius 1 is 1.43 bits per heavy atom. The number of rotatable bonds is 8. The first-order valence-corrected chi connectivity index (χ1v) is 7.41. The van der Waals surface area contributed by atoms with Crippen LogP contribution in [0.15, 0.2) is 24.3 Å². The van der Waals surface area contributed by atoms with Gasteiger partial charge >= 0.3 is 6.03 Å². The third kappa shape index (κ3) is 5.73. The molecule has 2 N–H and O–H groups in total. The number of carbonyl (C=O) groups excluding carboxylic acids is 1. The van der Waals surface area contributed by atoms with Gasteiger partial charge in [0.05, 0.1) is 12.7 Å². The van der Waals surface area contributed by atoms with E-state index in [4.69, 9.17) is 9.84 Å². The summed E-state index contributed by atoms with van der Waals surface area (Å²) in [6.45, 7) is 5.00. The summed E-state index contributed by atoms with van der Waals surface area (Å²) in [4.78, 5) is 13.9. The number of ether oxygens (including phenoxy) is 1. The van der Waals surface area contributed by atoms with Crippen LogP contribution in [0.1, 0.15) is 38.4 Å². The van der Waals surface area contributed by atoms with E-state index in [0.29, 0.717) is 13.1 Å². The van der Waals surface area contributed by atoms with Crippen molar-refractivity contribution in [2.75, 3.05) is 32.1 Å². The van der Waals surface area contributed by atoms with Crippen molar-refractivity contribution in [1.29, 1.82) is 0 Å². The van der Waals surface area contributed by atoms with E-state index in [-0.39, 0.29) is 18.7 Å². The van der Waals surface area contributed by atoms with E-state index in [0.717, 1.165) is 24.1 Å². The molecule has 1 aromatic carbocycles. The minimum absolute atomic E-state index is 0.0181. The molecule has 2 amide bonds. The predicted octanol–water partition coefficient (Wildman–Crippen LogP) is 3.02. The van der Waals surface area contributed by atoms with Crippen LogP contribution >= 0.6 is 0 Å². The molecule has 1 atom stereocenters. The number of urea groups is 1. The van der Waals surface area contributed by atoms with Crippen molar-refractivity contribution in [3.05, 3.63) is 29.8 Å². The Bertz CT molecular complexity index is 437. The quantitative estimate of drug-likeness (QED) is 0.774. The number of methoxy groups -OCH3 is 1. The number of carbonyl (C=O) groups is 1. The van der Waals surface area contributed by atoms with Crippen LogP contribution in [0.3, 0.4) is 0 Å². The number of anilines is 1. The number of benzene rings is 1. The second-order valence-electron chi connectivity index (χ2n) is 5.00. The molecule has 0 saturated heterocycles. The molecule has 0 aliphatic carbocycles. The largest absolute Gasteiger partial charge is 0.395 e. The van der Waals surface area contributed by atoms with Gasteiger partial charge in [-0.1, -0.05) is 25.5 Å². The normalized spacial score (nSPS) is 12.0. The van der Waals surface area contributed by atoms with Crippen molar-refractivity contribution in [3.63, 3.8) is 0 Å². The lowest BCUT2D eigenvalue weighted by Gasteiger charge is -2.22. The average Bonchev–Trinajstić information content (AvgIpc) is 2.50. The van der Waals surface area contributed by atoms with E-state index < -0.39 is 0 Å². The lowest BCUT2D eigenvalue weighted by molar-refractivity contribution is 0.119. The average molecular weight is 294 g/mol. The molecule has 0 radical (unpaired) electrons. The molecular formula is C16H26N2O3. The van der Waals surface area contributed by atoms with E-state index in [2.05, 4.69) is 12.2 Å². The number of nitrogens with zero attached hydrogens (tertiary/aromatic N) is 1. The minimum atomic E-state index is -0.181. The molecule has 118 valence electrons. The molecule has 0 spiro atoms. The van der Waals surface area contributed by atoms with Gasteiger partial charge in [0.15, 0.2) is 0 Å². The number of aliphatic hydroxyl groups is 1. The Labute approximate surface area is 126 Å². The highest BCUT2D eigenvalue weighted by Gasteiger charge is 2.13. The number of hydrogen-bond acceptors (Lipinski definition) is 3. The third-order valence-corrected chi connectivity index (χ3v) is 3.40. The van der Waals surface area contributed by atoms with Crippen LogP contribution in [0, 0.1) is 0 Å². The first-order valence-electron chi connectivity index (χ1n) is 7.41. The molecule has 0 heterocycles. The maximum Gasteiger partial charge on any atom is 0.321 e. The van der Waals surface area contributed by atoms with Crippen LogP contribution in [-0.4, -0.2) is 42.8 Å². The fourth-order valence-electron chi connectivity index (χ4n) is 1.99. The summed E-state index contributed by atoms with van der Waals surface area (Å²) in [7, 11) is 1.66. The molecule has 21 heavy (non-hydrogen) atoms. The molecule has 5 heteroatoms. The number of aliphatic hydroxyl groups excluding tert-OH is 1. The fraction of sp³-hybridized carbons (Fsp3) is 0.562. The second kappa shape index (κ2) is 9.37. The monoisotopic (exact) mass is 294 g/mol. The van der Waals surface area contributed by atoms with Crippen LogP contribution in [0.2, 0.25) is 0 Å². The van der Waals surface area contributed by atoms with E-state index in [9.17, 15) is 4.79 Å². The first-order chi connectivity index (χ1) is 10.1. The summed E-state index contributed by atoms with van der Waals surface area (Å²) in [5, 5.41) is 11.9. The van der Waals surface area contributed by atoms with Gasteiger partial charge in [-0.05, 0) is 31.0 Å². The zero-order valence-corrected chi connectivity index (χ0v) is 13.1. The summed E-state index contributed by atoms with van der Waals surface area (Å²) >= 11 is 0. The Morgan fingerprint density at radius 3 is 2.81 bits per heavy atom. The van der Waals surface area contributed by atoms with Crippen LogP contribution in [0.25, 0.3) is 0 Å². The van der Waals surface area contributed by atoms with Gasteiger partial charge in [-0.3, -0.25) is 0 Å². The number of hydrogen-bond donors (Lipinski definition) is 2. The van der Waals surface area contributed by atoms with Crippen molar-refractivity contribution in [2.24, 2.45) is 0 Å². The van der Waals surface area contributed by atoms with Crippen LogP contribution in [0.4, 0.5) is 10.5 Å². The highest BCUT2D eigenvalue weighted by atomic mass is 16.5. The van der Waals surface area contributed by atoms with Crippen molar-refractivity contribution >= 4 is 11.7 Å². The minimum Gasteiger partial charge on any atom is -0.395 e. The summed E-state index contributed by atoms with van der Waals surface area (Å²) < 4.78 is 5.28. The fourth-order valence-corrected chi connectivity index (χ4v) is 1.99. The van der Waals surface area contributed by atoms with Crippen LogP contribution < -0.4 is 5.32 Å². The van der Waals surface area contributed by atoms with E-state index in [1.54, 1.807) is 12.0 Å². The SMILES string of the molecule is CCCCN(CCO)C(=O)Nc1cccc(C(C)OC)c1. The molecular weight excluding hydrogens is 268 g/mol. The van der Waals surface area contributed by atoms with Gasteiger partial charge in [0.2, 0.25) is 0 Å². The molecule has 1 rings (SSSR count). The van der Waals surface area contributed by atoms with Gasteiger partial charge in [-0.15, -0.1) is 0 Å². The van der Waals surface area contributed by atoms with Crippen molar-refractivity contribution < 1.29 is 14.6 Å². The summed E-state index contributed by atoms with van der Waals surface area (Å²) in [6.07, 6.45) is 1.92. The van der Waals surface area contributed by atoms with Gasteiger partial charge in [0, 0.05) is 25.9 Å². The van der Waals surface area contributed by atoms with Crippen LogP contribution in [0.5, 0.6) is 0 Å². The van der Waals surface area contributed by atoms with E-state index >= 15 is 0 Å². The zero-order chi connectivity index (χ0) is 15.7. The Kier molecular flexibility index (Phi) is 7.79. The summed E-state index contributed by atoms with van der Waals surface area (Å²) in [5.41, 5.74) is 1.75. The summed E-state index contributed by atoms with van der Waals surface area (Å²) in [5.74, 6) is 0. The highest BCUT2D eigenvalue weighted by molar-refractivity contribution is 5.89. The summed E-state index contributed by atoms with van der Waals surface area (Å²) in [6, 6.07) is 7.43. The van der Waals surface area contributed by atoms with E-state index in [1.807, 2.05) is 31.2 Å². The molecule has 0 bridgehead atoms. The third-order valence-electron chi connectivity index (χ3n) is 3.40. The molecule has 0 aromatic heterocycles. The van der Waals surface area contributed by atoms with Gasteiger partial charge < -0.3 is 20.1 Å². The number of amides is 2. The molecule has 1 unspecified atom stereocenters. The second-order valence-corrected chi connectivity index (χ2v) is 5.00. The predicted molar refractivity (Wildman–Crippen MR) is 84.5 cm³/mol. The topological polar surface area (TPSA) is 61.8 Å². The highest BCUT2D eigenvalue weighted by Crippen LogP contribution is 2.19. The molecule has 1 aromatic rings. The van der Waals surface area contributed by atoms with Gasteiger partial charge in [-0.25, -0.2) is 4.79 Å². The number of nitrogens with one attached hydrogen (secondary N) is 1. The van der Waals surface area contributed by atoms with Crippen molar-refractivity contribution in [1.82, 2.24) is 4.90 Å². The lowest BCUT2D eigenvalue weighted by atomic mass is 10.1. The van der Waals surface area contributed by atoms with Crippen LogP contribution in [-0.2, 0) is 4.74 Å². The molecule has 0 fully saturated rings. The molecule has 0 aliphatic rings. The standard InChI is InChI=1S/C16H26N2O3/c1-4-5-9-18(10-11-19)16(20)17-15-8-6-7-14(12-15)13(2)21-3/h6-8,12-13,19H,4-5,9-11H2,1-3H3,(H,17,20).